The molecule has 0 aromatic heterocycles. The number of sulfonamides is 1. The van der Waals surface area contributed by atoms with Gasteiger partial charge in [-0.1, -0.05) is 0 Å². The van der Waals surface area contributed by atoms with Gasteiger partial charge in [0.05, 0.1) is 12.2 Å². The molecule has 0 saturated carbocycles. The number of anilines is 1. The normalized spacial score (nSPS) is 11.1. The van der Waals surface area contributed by atoms with Crippen LogP contribution in [0.4, 0.5) is 5.69 Å². The number of hydrogen-bond acceptors (Lipinski definition) is 5. The maximum atomic E-state index is 12.0. The Morgan fingerprint density at radius 2 is 1.90 bits per heavy atom. The van der Waals surface area contributed by atoms with E-state index in [9.17, 15) is 18.0 Å². The second-order valence-electron chi connectivity index (χ2n) is 4.23. The zero-order chi connectivity index (χ0) is 15.5. The number of nitrogen functional groups attached to an aromatic ring is 1. The van der Waals surface area contributed by atoms with Crippen molar-refractivity contribution in [3.63, 3.8) is 0 Å². The molecule has 110 valence electrons. The Balaban J connectivity index is 2.99. The molecule has 9 heteroatoms. The van der Waals surface area contributed by atoms with Crippen molar-refractivity contribution >= 4 is 27.5 Å². The summed E-state index contributed by atoms with van der Waals surface area (Å²) in [4.78, 5) is 23.3. The third kappa shape index (κ3) is 3.68. The minimum absolute atomic E-state index is 0.103. The summed E-state index contributed by atoms with van der Waals surface area (Å²) in [6.07, 6.45) is 0. The number of likely N-dealkylation sites (N-methyl/N-ethyl adjacent to an activating group) is 1. The molecule has 0 heterocycles. The van der Waals surface area contributed by atoms with Crippen molar-refractivity contribution in [1.29, 1.82) is 0 Å². The minimum atomic E-state index is -3.94. The SMILES string of the molecule is CN(C)C(=O)CNS(=O)(=O)c1ccc(C(N)=O)cc1N. The number of hydrogen-bond donors (Lipinski definition) is 3. The minimum Gasteiger partial charge on any atom is -0.398 e. The lowest BCUT2D eigenvalue weighted by Gasteiger charge is -2.12. The van der Waals surface area contributed by atoms with E-state index in [-0.39, 0.29) is 22.7 Å². The van der Waals surface area contributed by atoms with Gasteiger partial charge in [-0.05, 0) is 18.2 Å². The maximum absolute atomic E-state index is 12.0. The summed E-state index contributed by atoms with van der Waals surface area (Å²) in [6.45, 7) is -0.383. The molecule has 0 bridgehead atoms. The topological polar surface area (TPSA) is 136 Å². The van der Waals surface area contributed by atoms with E-state index in [4.69, 9.17) is 11.5 Å². The quantitative estimate of drug-likeness (QED) is 0.583. The first-order valence-corrected chi connectivity index (χ1v) is 7.02. The van der Waals surface area contributed by atoms with Crippen molar-refractivity contribution in [3.05, 3.63) is 23.8 Å². The van der Waals surface area contributed by atoms with Crippen LogP contribution in [0.25, 0.3) is 0 Å². The number of benzene rings is 1. The summed E-state index contributed by atoms with van der Waals surface area (Å²) in [5, 5.41) is 0. The predicted octanol–water partition coefficient (Wildman–Crippen LogP) is -1.27. The summed E-state index contributed by atoms with van der Waals surface area (Å²) >= 11 is 0. The van der Waals surface area contributed by atoms with Gasteiger partial charge in [0.15, 0.2) is 0 Å². The molecule has 0 saturated heterocycles. The fourth-order valence-electron chi connectivity index (χ4n) is 1.34. The third-order valence-corrected chi connectivity index (χ3v) is 3.97. The van der Waals surface area contributed by atoms with Crippen molar-refractivity contribution in [1.82, 2.24) is 9.62 Å². The van der Waals surface area contributed by atoms with Crippen molar-refractivity contribution in [2.45, 2.75) is 4.90 Å². The highest BCUT2D eigenvalue weighted by molar-refractivity contribution is 7.89. The summed E-state index contributed by atoms with van der Waals surface area (Å²) in [7, 11) is -0.923. The van der Waals surface area contributed by atoms with Crippen LogP contribution in [0, 0.1) is 0 Å². The van der Waals surface area contributed by atoms with Gasteiger partial charge >= 0.3 is 0 Å². The van der Waals surface area contributed by atoms with Crippen LogP contribution in [0.5, 0.6) is 0 Å². The highest BCUT2D eigenvalue weighted by Gasteiger charge is 2.19. The number of carbonyl (C=O) groups excluding carboxylic acids is 2. The van der Waals surface area contributed by atoms with Crippen LogP contribution in [0.15, 0.2) is 23.1 Å². The second-order valence-corrected chi connectivity index (χ2v) is 5.96. The van der Waals surface area contributed by atoms with E-state index in [1.54, 1.807) is 0 Å². The first kappa shape index (κ1) is 15.9. The Morgan fingerprint density at radius 1 is 1.30 bits per heavy atom. The molecule has 1 aromatic rings. The second kappa shape index (κ2) is 5.88. The Labute approximate surface area is 116 Å². The molecule has 0 atom stereocenters. The van der Waals surface area contributed by atoms with Crippen molar-refractivity contribution in [3.8, 4) is 0 Å². The molecule has 0 aliphatic carbocycles. The number of amides is 2. The van der Waals surface area contributed by atoms with Crippen molar-refractivity contribution in [2.24, 2.45) is 5.73 Å². The van der Waals surface area contributed by atoms with Gasteiger partial charge in [-0.15, -0.1) is 0 Å². The number of carbonyl (C=O) groups is 2. The smallest absolute Gasteiger partial charge is 0.248 e. The molecule has 1 aromatic carbocycles. The Hall–Kier alpha value is -2.13. The molecule has 0 aliphatic heterocycles. The van der Waals surface area contributed by atoms with Crippen LogP contribution < -0.4 is 16.2 Å². The molecule has 0 fully saturated rings. The number of primary amides is 1. The van der Waals surface area contributed by atoms with E-state index in [2.05, 4.69) is 4.72 Å². The van der Waals surface area contributed by atoms with E-state index in [1.807, 2.05) is 0 Å². The molecular formula is C11H16N4O4S. The fraction of sp³-hybridized carbons (Fsp3) is 0.273. The molecule has 0 aliphatic rings. The molecule has 1 rings (SSSR count). The van der Waals surface area contributed by atoms with Crippen molar-refractivity contribution < 1.29 is 18.0 Å². The average Bonchev–Trinajstić information content (AvgIpc) is 2.35. The monoisotopic (exact) mass is 300 g/mol. The first-order valence-electron chi connectivity index (χ1n) is 5.54. The summed E-state index contributed by atoms with van der Waals surface area (Å²) in [5.74, 6) is -1.11. The van der Waals surface area contributed by atoms with Crippen molar-refractivity contribution in [2.75, 3.05) is 26.4 Å². The van der Waals surface area contributed by atoms with Crippen LogP contribution in [-0.2, 0) is 14.8 Å². The van der Waals surface area contributed by atoms with E-state index in [0.717, 1.165) is 6.07 Å². The van der Waals surface area contributed by atoms with Gasteiger partial charge in [0.2, 0.25) is 21.8 Å². The van der Waals surface area contributed by atoms with E-state index >= 15 is 0 Å². The lowest BCUT2D eigenvalue weighted by atomic mass is 10.2. The van der Waals surface area contributed by atoms with Crippen LogP contribution >= 0.6 is 0 Å². The van der Waals surface area contributed by atoms with Gasteiger partial charge in [-0.2, -0.15) is 0 Å². The highest BCUT2D eigenvalue weighted by Crippen LogP contribution is 2.19. The summed E-state index contributed by atoms with van der Waals surface area (Å²) in [6, 6.07) is 3.59. The van der Waals surface area contributed by atoms with Crippen LogP contribution in [-0.4, -0.2) is 45.8 Å². The standard InChI is InChI=1S/C11H16N4O4S/c1-15(2)10(16)6-14-20(18,19)9-4-3-7(11(13)17)5-8(9)12/h3-5,14H,6,12H2,1-2H3,(H2,13,17). The molecule has 5 N–H and O–H groups in total. The lowest BCUT2D eigenvalue weighted by molar-refractivity contribution is -0.127. The molecular weight excluding hydrogens is 284 g/mol. The lowest BCUT2D eigenvalue weighted by Crippen LogP contribution is -2.36. The number of nitrogens with two attached hydrogens (primary N) is 2. The average molecular weight is 300 g/mol. The third-order valence-electron chi connectivity index (χ3n) is 2.50. The van der Waals surface area contributed by atoms with Crippen LogP contribution in [0.3, 0.4) is 0 Å². The zero-order valence-electron chi connectivity index (χ0n) is 11.1. The van der Waals surface area contributed by atoms with E-state index in [1.165, 1.54) is 31.1 Å². The largest absolute Gasteiger partial charge is 0.398 e. The van der Waals surface area contributed by atoms with E-state index in [0.29, 0.717) is 0 Å². The maximum Gasteiger partial charge on any atom is 0.248 e. The molecule has 20 heavy (non-hydrogen) atoms. The Bertz CT molecular complexity index is 640. The molecule has 8 nitrogen and oxygen atoms in total. The summed E-state index contributed by atoms with van der Waals surface area (Å²) < 4.78 is 26.1. The van der Waals surface area contributed by atoms with Gasteiger partial charge in [0, 0.05) is 19.7 Å². The van der Waals surface area contributed by atoms with Crippen LogP contribution in [0.1, 0.15) is 10.4 Å². The molecule has 0 spiro atoms. The Kier molecular flexibility index (Phi) is 4.69. The highest BCUT2D eigenvalue weighted by atomic mass is 32.2. The van der Waals surface area contributed by atoms with Crippen LogP contribution in [0.2, 0.25) is 0 Å². The number of nitrogens with zero attached hydrogens (tertiary/aromatic N) is 1. The number of nitrogens with one attached hydrogen (secondary N) is 1. The van der Waals surface area contributed by atoms with Gasteiger partial charge in [0.1, 0.15) is 4.90 Å². The van der Waals surface area contributed by atoms with Gasteiger partial charge in [-0.25, -0.2) is 13.1 Å². The van der Waals surface area contributed by atoms with Gasteiger partial charge in [0.25, 0.3) is 0 Å². The fourth-order valence-corrected chi connectivity index (χ4v) is 2.42. The Morgan fingerprint density at radius 3 is 2.35 bits per heavy atom. The number of rotatable bonds is 5. The molecule has 0 unspecified atom stereocenters. The molecule has 0 radical (unpaired) electrons. The first-order chi connectivity index (χ1) is 9.15. The summed E-state index contributed by atoms with van der Waals surface area (Å²) in [5.41, 5.74) is 10.6. The van der Waals surface area contributed by atoms with Gasteiger partial charge < -0.3 is 16.4 Å². The van der Waals surface area contributed by atoms with E-state index < -0.39 is 21.8 Å². The molecule has 2 amide bonds. The predicted molar refractivity (Wildman–Crippen MR) is 73.3 cm³/mol. The van der Waals surface area contributed by atoms with Gasteiger partial charge in [-0.3, -0.25) is 9.59 Å². The zero-order valence-corrected chi connectivity index (χ0v) is 11.9.